The lowest BCUT2D eigenvalue weighted by molar-refractivity contribution is 0.106. The van der Waals surface area contributed by atoms with Crippen LogP contribution in [0.3, 0.4) is 0 Å². The molecule has 1 aromatic heterocycles. The minimum absolute atomic E-state index is 0.0739. The minimum Gasteiger partial charge on any atom is -0.276 e. The maximum atomic E-state index is 12.6. The van der Waals surface area contributed by atoms with E-state index in [4.69, 9.17) is 11.6 Å². The van der Waals surface area contributed by atoms with Gasteiger partial charge >= 0.3 is 0 Å². The minimum atomic E-state index is -2.77. The SMILES string of the molecule is O=C(Cl)c1c(Br)cnc(I)c1C(F)F. The third-order valence-electron chi connectivity index (χ3n) is 1.44. The summed E-state index contributed by atoms with van der Waals surface area (Å²) >= 11 is 9.77. The highest BCUT2D eigenvalue weighted by molar-refractivity contribution is 14.1. The number of rotatable bonds is 2. The van der Waals surface area contributed by atoms with E-state index in [1.165, 1.54) is 6.20 Å². The third kappa shape index (κ3) is 2.40. The predicted octanol–water partition coefficient (Wildman–Crippen LogP) is 3.77. The number of carbonyl (C=O) groups is 1. The molecule has 0 aliphatic rings. The van der Waals surface area contributed by atoms with Crippen LogP contribution in [-0.2, 0) is 0 Å². The molecule has 0 saturated carbocycles. The first-order chi connectivity index (χ1) is 6.45. The summed E-state index contributed by atoms with van der Waals surface area (Å²) in [5.74, 6) is 0. The Bertz CT molecular complexity index is 388. The maximum Gasteiger partial charge on any atom is 0.267 e. The highest BCUT2D eigenvalue weighted by Crippen LogP contribution is 2.32. The van der Waals surface area contributed by atoms with Gasteiger partial charge in [0, 0.05) is 10.7 Å². The van der Waals surface area contributed by atoms with Gasteiger partial charge < -0.3 is 0 Å². The second-order valence-corrected chi connectivity index (χ2v) is 4.48. The van der Waals surface area contributed by atoms with Gasteiger partial charge in [-0.1, -0.05) is 0 Å². The van der Waals surface area contributed by atoms with E-state index in [-0.39, 0.29) is 13.7 Å². The Hall–Kier alpha value is 0.180. The van der Waals surface area contributed by atoms with Crippen molar-refractivity contribution in [3.8, 4) is 0 Å². The molecule has 2 nitrogen and oxygen atoms in total. The molecule has 14 heavy (non-hydrogen) atoms. The molecule has 1 aromatic rings. The first kappa shape index (κ1) is 12.3. The van der Waals surface area contributed by atoms with Gasteiger partial charge in [-0.3, -0.25) is 4.79 Å². The van der Waals surface area contributed by atoms with Crippen LogP contribution in [0.5, 0.6) is 0 Å². The zero-order valence-corrected chi connectivity index (χ0v) is 10.9. The van der Waals surface area contributed by atoms with Crippen molar-refractivity contribution in [1.82, 2.24) is 4.98 Å². The summed E-state index contributed by atoms with van der Waals surface area (Å²) in [5, 5.41) is -0.924. The van der Waals surface area contributed by atoms with Crippen LogP contribution in [0, 0.1) is 3.70 Å². The largest absolute Gasteiger partial charge is 0.276 e. The Morgan fingerprint density at radius 1 is 1.64 bits per heavy atom. The second-order valence-electron chi connectivity index (χ2n) is 2.26. The molecule has 0 fully saturated rings. The molecular weight excluding hydrogens is 394 g/mol. The molecule has 0 radical (unpaired) electrons. The van der Waals surface area contributed by atoms with E-state index in [1.54, 1.807) is 22.6 Å². The number of nitrogens with zero attached hydrogens (tertiary/aromatic N) is 1. The highest BCUT2D eigenvalue weighted by Gasteiger charge is 2.23. The number of carbonyl (C=O) groups excluding carboxylic acids is 1. The molecule has 76 valence electrons. The first-order valence-electron chi connectivity index (χ1n) is 3.27. The average molecular weight is 396 g/mol. The van der Waals surface area contributed by atoms with Crippen molar-refractivity contribution in [3.05, 3.63) is 25.5 Å². The molecule has 0 bridgehead atoms. The van der Waals surface area contributed by atoms with Crippen LogP contribution in [0.2, 0.25) is 0 Å². The molecule has 0 unspecified atom stereocenters. The van der Waals surface area contributed by atoms with Crippen molar-refractivity contribution in [2.24, 2.45) is 0 Å². The number of aromatic nitrogens is 1. The van der Waals surface area contributed by atoms with Gasteiger partial charge in [0.2, 0.25) is 0 Å². The quantitative estimate of drug-likeness (QED) is 0.433. The number of pyridine rings is 1. The summed E-state index contributed by atoms with van der Waals surface area (Å²) in [5.41, 5.74) is -0.652. The normalized spacial score (nSPS) is 10.7. The lowest BCUT2D eigenvalue weighted by Gasteiger charge is -2.08. The lowest BCUT2D eigenvalue weighted by atomic mass is 10.1. The summed E-state index contributed by atoms with van der Waals surface area (Å²) < 4.78 is 25.4. The summed E-state index contributed by atoms with van der Waals surface area (Å²) in [6.45, 7) is 0. The van der Waals surface area contributed by atoms with Gasteiger partial charge in [-0.25, -0.2) is 13.8 Å². The second kappa shape index (κ2) is 4.80. The Morgan fingerprint density at radius 2 is 2.21 bits per heavy atom. The zero-order valence-electron chi connectivity index (χ0n) is 6.40. The van der Waals surface area contributed by atoms with Crippen LogP contribution in [0.1, 0.15) is 22.3 Å². The van der Waals surface area contributed by atoms with Gasteiger partial charge in [0.1, 0.15) is 3.70 Å². The molecule has 0 aliphatic heterocycles. The van der Waals surface area contributed by atoms with Crippen LogP contribution in [-0.4, -0.2) is 10.2 Å². The van der Waals surface area contributed by atoms with Gasteiger partial charge in [0.15, 0.2) is 0 Å². The van der Waals surface area contributed by atoms with Crippen LogP contribution in [0.4, 0.5) is 8.78 Å². The van der Waals surface area contributed by atoms with Crippen LogP contribution < -0.4 is 0 Å². The smallest absolute Gasteiger partial charge is 0.267 e. The molecule has 0 N–H and O–H groups in total. The number of hydrogen-bond acceptors (Lipinski definition) is 2. The van der Waals surface area contributed by atoms with Crippen LogP contribution >= 0.6 is 50.1 Å². The molecule has 0 spiro atoms. The number of halogens is 5. The monoisotopic (exact) mass is 395 g/mol. The Balaban J connectivity index is 3.50. The number of alkyl halides is 2. The van der Waals surface area contributed by atoms with Gasteiger partial charge in [-0.05, 0) is 50.1 Å². The average Bonchev–Trinajstić information content (AvgIpc) is 2.07. The van der Waals surface area contributed by atoms with Crippen molar-refractivity contribution in [2.75, 3.05) is 0 Å². The molecule has 1 rings (SSSR count). The van der Waals surface area contributed by atoms with E-state index >= 15 is 0 Å². The molecule has 0 saturated heterocycles. The van der Waals surface area contributed by atoms with E-state index in [9.17, 15) is 13.6 Å². The Morgan fingerprint density at radius 3 is 2.57 bits per heavy atom. The molecule has 0 aliphatic carbocycles. The van der Waals surface area contributed by atoms with Gasteiger partial charge in [0.25, 0.3) is 11.7 Å². The highest BCUT2D eigenvalue weighted by atomic mass is 127. The Kier molecular flexibility index (Phi) is 4.20. The molecule has 0 amide bonds. The van der Waals surface area contributed by atoms with E-state index in [2.05, 4.69) is 20.9 Å². The summed E-state index contributed by atoms with van der Waals surface area (Å²) in [4.78, 5) is 14.6. The van der Waals surface area contributed by atoms with Crippen molar-refractivity contribution >= 4 is 55.4 Å². The van der Waals surface area contributed by atoms with Crippen molar-refractivity contribution in [3.63, 3.8) is 0 Å². The Labute approximate surface area is 105 Å². The van der Waals surface area contributed by atoms with Crippen LogP contribution in [0.15, 0.2) is 10.7 Å². The van der Waals surface area contributed by atoms with E-state index in [0.717, 1.165) is 0 Å². The molecule has 7 heteroatoms. The topological polar surface area (TPSA) is 30.0 Å². The number of hydrogen-bond donors (Lipinski definition) is 0. The first-order valence-corrected chi connectivity index (χ1v) is 5.52. The predicted molar refractivity (Wildman–Crippen MR) is 59.8 cm³/mol. The summed E-state index contributed by atoms with van der Waals surface area (Å²) in [6.07, 6.45) is -1.51. The molecule has 0 atom stereocenters. The lowest BCUT2D eigenvalue weighted by Crippen LogP contribution is -2.04. The van der Waals surface area contributed by atoms with Crippen molar-refractivity contribution in [1.29, 1.82) is 0 Å². The van der Waals surface area contributed by atoms with Gasteiger partial charge in [-0.2, -0.15) is 0 Å². The fraction of sp³-hybridized carbons (Fsp3) is 0.143. The zero-order chi connectivity index (χ0) is 10.9. The fourth-order valence-corrected chi connectivity index (χ4v) is 2.34. The van der Waals surface area contributed by atoms with Crippen molar-refractivity contribution in [2.45, 2.75) is 6.43 Å². The van der Waals surface area contributed by atoms with E-state index in [1.807, 2.05) is 0 Å². The summed E-state index contributed by atoms with van der Waals surface area (Å²) in [6, 6.07) is 0. The molecule has 0 aromatic carbocycles. The molecular formula is C7H2BrClF2INO. The molecule has 1 heterocycles. The fourth-order valence-electron chi connectivity index (χ4n) is 0.878. The van der Waals surface area contributed by atoms with E-state index in [0.29, 0.717) is 0 Å². The third-order valence-corrected chi connectivity index (χ3v) is 3.09. The summed E-state index contributed by atoms with van der Waals surface area (Å²) in [7, 11) is 0. The van der Waals surface area contributed by atoms with Gasteiger partial charge in [-0.15, -0.1) is 0 Å². The maximum absolute atomic E-state index is 12.6. The van der Waals surface area contributed by atoms with E-state index < -0.39 is 17.2 Å². The standard InChI is InChI=1S/C7H2BrClF2INO/c8-2-1-13-7(12)4(6(10)11)3(2)5(9)14/h1,6H. The van der Waals surface area contributed by atoms with Crippen LogP contribution in [0.25, 0.3) is 0 Å². The van der Waals surface area contributed by atoms with Crippen molar-refractivity contribution < 1.29 is 13.6 Å². The van der Waals surface area contributed by atoms with Gasteiger partial charge in [0.05, 0.1) is 11.1 Å².